The molecule has 0 saturated heterocycles. The molecule has 1 aromatic heterocycles. The summed E-state index contributed by atoms with van der Waals surface area (Å²) < 4.78 is 20.1. The molecule has 1 amide bonds. The topological polar surface area (TPSA) is 73.2 Å². The highest BCUT2D eigenvalue weighted by Gasteiger charge is 2.18. The van der Waals surface area contributed by atoms with Gasteiger partial charge in [-0.25, -0.2) is 13.9 Å². The first-order valence-electron chi connectivity index (χ1n) is 7.86. The lowest BCUT2D eigenvalue weighted by Crippen LogP contribution is -2.30. The Balaban J connectivity index is 1.93. The third kappa shape index (κ3) is 5.00. The first-order valence-corrected chi connectivity index (χ1v) is 7.86. The standard InChI is InChI=1S/C18H20FN3O3/c1-12(2)22-16(10-11-20-22)21-18(24)13(3)25-17(23)9-8-14-6-4-5-7-15(14)19/h4-13H,1-3H3,(H,21,24)/b9-8+/t13-/m1/s1. The summed E-state index contributed by atoms with van der Waals surface area (Å²) >= 11 is 0. The Labute approximate surface area is 145 Å². The molecule has 6 nitrogen and oxygen atoms in total. The summed E-state index contributed by atoms with van der Waals surface area (Å²) in [5, 5.41) is 6.77. The summed E-state index contributed by atoms with van der Waals surface area (Å²) in [6, 6.07) is 7.76. The van der Waals surface area contributed by atoms with Gasteiger partial charge in [0.15, 0.2) is 6.10 Å². The van der Waals surface area contributed by atoms with Gasteiger partial charge in [-0.2, -0.15) is 5.10 Å². The van der Waals surface area contributed by atoms with Gasteiger partial charge in [0, 0.05) is 23.7 Å². The molecule has 1 aromatic carbocycles. The van der Waals surface area contributed by atoms with Gasteiger partial charge in [0.2, 0.25) is 0 Å². The fourth-order valence-corrected chi connectivity index (χ4v) is 2.09. The zero-order valence-electron chi connectivity index (χ0n) is 14.3. The van der Waals surface area contributed by atoms with Gasteiger partial charge in [0.05, 0.1) is 6.20 Å². The molecule has 0 spiro atoms. The van der Waals surface area contributed by atoms with Crippen molar-refractivity contribution in [1.82, 2.24) is 9.78 Å². The number of aromatic nitrogens is 2. The smallest absolute Gasteiger partial charge is 0.331 e. The number of amides is 1. The lowest BCUT2D eigenvalue weighted by Gasteiger charge is -2.15. The molecule has 1 heterocycles. The molecule has 0 aliphatic rings. The van der Waals surface area contributed by atoms with Crippen LogP contribution in [0, 0.1) is 5.82 Å². The van der Waals surface area contributed by atoms with Crippen LogP contribution in [-0.2, 0) is 14.3 Å². The predicted octanol–water partition coefficient (Wildman–Crippen LogP) is 3.19. The van der Waals surface area contributed by atoms with Crippen LogP contribution < -0.4 is 5.32 Å². The van der Waals surface area contributed by atoms with Crippen LogP contribution >= 0.6 is 0 Å². The zero-order valence-corrected chi connectivity index (χ0v) is 14.3. The summed E-state index contributed by atoms with van der Waals surface area (Å²) in [6.07, 6.45) is 2.95. The molecule has 2 rings (SSSR count). The molecule has 0 fully saturated rings. The zero-order chi connectivity index (χ0) is 18.4. The lowest BCUT2D eigenvalue weighted by molar-refractivity contribution is -0.148. The highest BCUT2D eigenvalue weighted by Crippen LogP contribution is 2.14. The van der Waals surface area contributed by atoms with Gasteiger partial charge in [-0.1, -0.05) is 18.2 Å². The van der Waals surface area contributed by atoms with E-state index < -0.39 is 23.8 Å². The number of carbonyl (C=O) groups excluding carboxylic acids is 2. The number of nitrogens with zero attached hydrogens (tertiary/aromatic N) is 2. The van der Waals surface area contributed by atoms with Gasteiger partial charge in [0.25, 0.3) is 5.91 Å². The number of halogens is 1. The van der Waals surface area contributed by atoms with Crippen molar-refractivity contribution < 1.29 is 18.7 Å². The Hall–Kier alpha value is -2.96. The number of benzene rings is 1. The normalized spacial score (nSPS) is 12.4. The fraction of sp³-hybridized carbons (Fsp3) is 0.278. The predicted molar refractivity (Wildman–Crippen MR) is 92.2 cm³/mol. The summed E-state index contributed by atoms with van der Waals surface area (Å²) in [5.74, 6) is -1.14. The van der Waals surface area contributed by atoms with E-state index in [0.717, 1.165) is 6.08 Å². The molecule has 7 heteroatoms. The van der Waals surface area contributed by atoms with Crippen LogP contribution in [0.5, 0.6) is 0 Å². The molecule has 1 atom stereocenters. The van der Waals surface area contributed by atoms with Crippen LogP contribution in [0.15, 0.2) is 42.6 Å². The lowest BCUT2D eigenvalue weighted by atomic mass is 10.2. The average Bonchev–Trinajstić information content (AvgIpc) is 3.02. The van der Waals surface area contributed by atoms with Crippen molar-refractivity contribution in [3.8, 4) is 0 Å². The van der Waals surface area contributed by atoms with Gasteiger partial charge in [-0.3, -0.25) is 4.79 Å². The fourth-order valence-electron chi connectivity index (χ4n) is 2.09. The van der Waals surface area contributed by atoms with Gasteiger partial charge >= 0.3 is 5.97 Å². The molecule has 1 N–H and O–H groups in total. The number of hydrogen-bond donors (Lipinski definition) is 1. The number of carbonyl (C=O) groups is 2. The minimum Gasteiger partial charge on any atom is -0.449 e. The number of hydrogen-bond acceptors (Lipinski definition) is 4. The summed E-state index contributed by atoms with van der Waals surface area (Å²) in [7, 11) is 0. The SMILES string of the molecule is CC(C)n1nccc1NC(=O)[C@@H](C)OC(=O)/C=C/c1ccccc1F. The van der Waals surface area contributed by atoms with Crippen molar-refractivity contribution in [3.05, 3.63) is 54.0 Å². The van der Waals surface area contributed by atoms with Crippen LogP contribution in [0.3, 0.4) is 0 Å². The van der Waals surface area contributed by atoms with Crippen molar-refractivity contribution in [2.75, 3.05) is 5.32 Å². The monoisotopic (exact) mass is 345 g/mol. The molecule has 0 aliphatic carbocycles. The Kier molecular flexibility index (Phi) is 6.05. The van der Waals surface area contributed by atoms with Gasteiger partial charge in [-0.05, 0) is 32.9 Å². The van der Waals surface area contributed by atoms with Gasteiger partial charge in [0.1, 0.15) is 11.6 Å². The molecule has 0 aliphatic heterocycles. The summed E-state index contributed by atoms with van der Waals surface area (Å²) in [5.41, 5.74) is 0.261. The number of anilines is 1. The molecule has 0 bridgehead atoms. The molecular weight excluding hydrogens is 325 g/mol. The van der Waals surface area contributed by atoms with E-state index in [1.807, 2.05) is 13.8 Å². The first kappa shape index (κ1) is 18.4. The second-order valence-electron chi connectivity index (χ2n) is 5.68. The molecule has 0 radical (unpaired) electrons. The van der Waals surface area contributed by atoms with Crippen LogP contribution in [0.4, 0.5) is 10.2 Å². The highest BCUT2D eigenvalue weighted by molar-refractivity contribution is 5.96. The Morgan fingerprint density at radius 1 is 1.24 bits per heavy atom. The maximum atomic E-state index is 13.5. The van der Waals surface area contributed by atoms with E-state index in [0.29, 0.717) is 5.82 Å². The minimum atomic E-state index is -1.01. The van der Waals surface area contributed by atoms with E-state index in [1.165, 1.54) is 25.1 Å². The number of esters is 1. The van der Waals surface area contributed by atoms with Crippen molar-refractivity contribution in [1.29, 1.82) is 0 Å². The largest absolute Gasteiger partial charge is 0.449 e. The maximum absolute atomic E-state index is 13.5. The number of nitrogens with one attached hydrogen (secondary N) is 1. The molecule has 132 valence electrons. The van der Waals surface area contributed by atoms with Gasteiger partial charge < -0.3 is 10.1 Å². The van der Waals surface area contributed by atoms with Crippen LogP contribution in [-0.4, -0.2) is 27.8 Å². The second-order valence-corrected chi connectivity index (χ2v) is 5.68. The molecule has 25 heavy (non-hydrogen) atoms. The third-order valence-corrected chi connectivity index (χ3v) is 3.38. The van der Waals surface area contributed by atoms with Crippen molar-refractivity contribution in [3.63, 3.8) is 0 Å². The van der Waals surface area contributed by atoms with E-state index in [2.05, 4.69) is 10.4 Å². The average molecular weight is 345 g/mol. The first-order chi connectivity index (χ1) is 11.9. The third-order valence-electron chi connectivity index (χ3n) is 3.38. The number of rotatable bonds is 6. The van der Waals surface area contributed by atoms with E-state index in [-0.39, 0.29) is 11.6 Å². The highest BCUT2D eigenvalue weighted by atomic mass is 19.1. The molecular formula is C18H20FN3O3. The van der Waals surface area contributed by atoms with Crippen molar-refractivity contribution in [2.24, 2.45) is 0 Å². The van der Waals surface area contributed by atoms with Gasteiger partial charge in [-0.15, -0.1) is 0 Å². The Morgan fingerprint density at radius 2 is 1.96 bits per heavy atom. The minimum absolute atomic E-state index is 0.0758. The van der Waals surface area contributed by atoms with E-state index >= 15 is 0 Å². The Bertz CT molecular complexity index is 783. The number of ether oxygens (including phenoxy) is 1. The van der Waals surface area contributed by atoms with E-state index in [4.69, 9.17) is 4.74 Å². The van der Waals surface area contributed by atoms with Crippen LogP contribution in [0.2, 0.25) is 0 Å². The summed E-state index contributed by atoms with van der Waals surface area (Å²) in [4.78, 5) is 23.9. The molecule has 0 unspecified atom stereocenters. The molecule has 0 saturated carbocycles. The maximum Gasteiger partial charge on any atom is 0.331 e. The molecule has 2 aromatic rings. The van der Waals surface area contributed by atoms with E-state index in [1.54, 1.807) is 29.1 Å². The Morgan fingerprint density at radius 3 is 2.64 bits per heavy atom. The quantitative estimate of drug-likeness (QED) is 0.645. The summed E-state index contributed by atoms with van der Waals surface area (Å²) in [6.45, 7) is 5.32. The van der Waals surface area contributed by atoms with Crippen molar-refractivity contribution in [2.45, 2.75) is 32.9 Å². The second kappa shape index (κ2) is 8.23. The van der Waals surface area contributed by atoms with Crippen LogP contribution in [0.1, 0.15) is 32.4 Å². The van der Waals surface area contributed by atoms with E-state index in [9.17, 15) is 14.0 Å². The van der Waals surface area contributed by atoms with Crippen molar-refractivity contribution >= 4 is 23.8 Å². The van der Waals surface area contributed by atoms with Crippen LogP contribution in [0.25, 0.3) is 6.08 Å².